The zero-order valence-electron chi connectivity index (χ0n) is 14.1. The van der Waals surface area contributed by atoms with Crippen LogP contribution in [0.5, 0.6) is 11.5 Å². The van der Waals surface area contributed by atoms with Gasteiger partial charge in [-0.1, -0.05) is 6.07 Å². The molecule has 1 saturated heterocycles. The van der Waals surface area contributed by atoms with Crippen molar-refractivity contribution in [1.29, 1.82) is 0 Å². The molecule has 3 unspecified atom stereocenters. The van der Waals surface area contributed by atoms with Crippen molar-refractivity contribution in [3.8, 4) is 11.5 Å². The van der Waals surface area contributed by atoms with E-state index in [0.717, 1.165) is 5.56 Å². The predicted molar refractivity (Wildman–Crippen MR) is 87.7 cm³/mol. The van der Waals surface area contributed by atoms with Gasteiger partial charge < -0.3 is 25.2 Å². The molecule has 6 heteroatoms. The zero-order chi connectivity index (χ0) is 17.0. The van der Waals surface area contributed by atoms with Gasteiger partial charge in [0.25, 0.3) is 0 Å². The number of nitrogens with one attached hydrogen (secondary N) is 2. The molecule has 0 aliphatic carbocycles. The Morgan fingerprint density at radius 3 is 2.65 bits per heavy atom. The molecule has 3 N–H and O–H groups in total. The van der Waals surface area contributed by atoms with Crippen LogP contribution in [-0.4, -0.2) is 42.9 Å². The summed E-state index contributed by atoms with van der Waals surface area (Å²) in [6.45, 7) is 6.29. The van der Waals surface area contributed by atoms with Crippen LogP contribution >= 0.6 is 0 Å². The number of ether oxygens (including phenoxy) is 2. The van der Waals surface area contributed by atoms with Gasteiger partial charge >= 0.3 is 0 Å². The maximum absolute atomic E-state index is 12.2. The highest BCUT2D eigenvalue weighted by Gasteiger charge is 2.28. The molecule has 0 radical (unpaired) electrons. The van der Waals surface area contributed by atoms with E-state index in [1.54, 1.807) is 7.11 Å². The second-order valence-corrected chi connectivity index (χ2v) is 6.16. The largest absolute Gasteiger partial charge is 0.493 e. The molecule has 1 aromatic carbocycles. The summed E-state index contributed by atoms with van der Waals surface area (Å²) in [5.74, 6) is 1.23. The van der Waals surface area contributed by atoms with E-state index in [9.17, 15) is 9.90 Å². The van der Waals surface area contributed by atoms with E-state index >= 15 is 0 Å². The highest BCUT2D eigenvalue weighted by atomic mass is 16.5. The van der Waals surface area contributed by atoms with E-state index in [0.29, 0.717) is 24.5 Å². The Kier molecular flexibility index (Phi) is 5.85. The fourth-order valence-corrected chi connectivity index (χ4v) is 2.62. The van der Waals surface area contributed by atoms with Crippen LogP contribution < -0.4 is 20.1 Å². The van der Waals surface area contributed by atoms with Crippen LogP contribution in [0.1, 0.15) is 38.8 Å². The van der Waals surface area contributed by atoms with Gasteiger partial charge in [-0.15, -0.1) is 0 Å². The Labute approximate surface area is 137 Å². The summed E-state index contributed by atoms with van der Waals surface area (Å²) in [6, 6.07) is 5.15. The number of aliphatic hydroxyl groups excluding tert-OH is 1. The van der Waals surface area contributed by atoms with E-state index in [-0.39, 0.29) is 24.1 Å². The number of amides is 1. The Morgan fingerprint density at radius 2 is 2.09 bits per heavy atom. The first-order chi connectivity index (χ1) is 10.9. The van der Waals surface area contributed by atoms with Crippen molar-refractivity contribution in [2.75, 3.05) is 13.7 Å². The first-order valence-corrected chi connectivity index (χ1v) is 7.97. The van der Waals surface area contributed by atoms with E-state index in [1.807, 2.05) is 39.0 Å². The molecule has 0 bridgehead atoms. The molecule has 128 valence electrons. The number of aliphatic hydroxyl groups is 1. The lowest BCUT2D eigenvalue weighted by Gasteiger charge is -2.20. The highest BCUT2D eigenvalue weighted by Crippen LogP contribution is 2.31. The Hall–Kier alpha value is -1.79. The minimum Gasteiger partial charge on any atom is -0.493 e. The molecule has 23 heavy (non-hydrogen) atoms. The van der Waals surface area contributed by atoms with Gasteiger partial charge in [-0.2, -0.15) is 0 Å². The fourth-order valence-electron chi connectivity index (χ4n) is 2.62. The number of benzene rings is 1. The fraction of sp³-hybridized carbons (Fsp3) is 0.588. The quantitative estimate of drug-likeness (QED) is 0.737. The number of rotatable bonds is 6. The summed E-state index contributed by atoms with van der Waals surface area (Å²) in [5, 5.41) is 15.5. The lowest BCUT2D eigenvalue weighted by molar-refractivity contribution is -0.123. The van der Waals surface area contributed by atoms with Crippen LogP contribution in [0, 0.1) is 0 Å². The Balaban J connectivity index is 2.04. The number of β-amino-alcohol motifs (C(OH)–C–C–N with tert-alkyl or cyclic N) is 1. The van der Waals surface area contributed by atoms with Crippen LogP contribution in [0.25, 0.3) is 0 Å². The van der Waals surface area contributed by atoms with Gasteiger partial charge in [0.1, 0.15) is 0 Å². The van der Waals surface area contributed by atoms with Crippen LogP contribution in [0.4, 0.5) is 0 Å². The monoisotopic (exact) mass is 322 g/mol. The molecule has 1 fully saturated rings. The first-order valence-electron chi connectivity index (χ1n) is 7.97. The molecular formula is C17H26N2O4. The molecule has 1 heterocycles. The summed E-state index contributed by atoms with van der Waals surface area (Å²) in [7, 11) is 1.60. The number of hydrogen-bond acceptors (Lipinski definition) is 5. The Morgan fingerprint density at radius 1 is 1.35 bits per heavy atom. The Bertz CT molecular complexity index is 547. The van der Waals surface area contributed by atoms with Crippen molar-refractivity contribution >= 4 is 5.91 Å². The predicted octanol–water partition coefficient (Wildman–Crippen LogP) is 1.38. The third kappa shape index (κ3) is 4.59. The lowest BCUT2D eigenvalue weighted by atomic mass is 10.1. The summed E-state index contributed by atoms with van der Waals surface area (Å²) in [4.78, 5) is 12.2. The second-order valence-electron chi connectivity index (χ2n) is 6.16. The average molecular weight is 322 g/mol. The lowest BCUT2D eigenvalue weighted by Crippen LogP contribution is -2.41. The summed E-state index contributed by atoms with van der Waals surface area (Å²) in [6.07, 6.45) is 0.0589. The van der Waals surface area contributed by atoms with Gasteiger partial charge in [0.05, 0.1) is 31.4 Å². The molecule has 2 rings (SSSR count). The van der Waals surface area contributed by atoms with Crippen LogP contribution in [0.2, 0.25) is 0 Å². The molecular weight excluding hydrogens is 296 g/mol. The summed E-state index contributed by atoms with van der Waals surface area (Å²) in [5.41, 5.74) is 0.935. The number of carbonyl (C=O) groups is 1. The minimum atomic E-state index is -0.450. The van der Waals surface area contributed by atoms with Crippen molar-refractivity contribution in [1.82, 2.24) is 10.6 Å². The van der Waals surface area contributed by atoms with Crippen molar-refractivity contribution in [3.05, 3.63) is 23.8 Å². The van der Waals surface area contributed by atoms with Crippen molar-refractivity contribution in [2.45, 2.75) is 51.5 Å². The van der Waals surface area contributed by atoms with Crippen LogP contribution in [-0.2, 0) is 4.79 Å². The zero-order valence-corrected chi connectivity index (χ0v) is 14.1. The maximum Gasteiger partial charge on any atom is 0.237 e. The number of carbonyl (C=O) groups excluding carboxylic acids is 1. The highest BCUT2D eigenvalue weighted by molar-refractivity contribution is 5.82. The third-order valence-corrected chi connectivity index (χ3v) is 3.83. The van der Waals surface area contributed by atoms with Crippen molar-refractivity contribution in [2.24, 2.45) is 0 Å². The molecule has 0 spiro atoms. The van der Waals surface area contributed by atoms with E-state index < -0.39 is 6.10 Å². The average Bonchev–Trinajstić information content (AvgIpc) is 2.93. The minimum absolute atomic E-state index is 0.0618. The van der Waals surface area contributed by atoms with Gasteiger partial charge in [0, 0.05) is 6.54 Å². The molecule has 3 atom stereocenters. The molecule has 1 aromatic rings. The van der Waals surface area contributed by atoms with E-state index in [1.165, 1.54) is 0 Å². The van der Waals surface area contributed by atoms with Crippen LogP contribution in [0.3, 0.4) is 0 Å². The van der Waals surface area contributed by atoms with Crippen LogP contribution in [0.15, 0.2) is 18.2 Å². The SMILES string of the molecule is COc1cc(C(C)NC(=O)C2CC(O)CN2)ccc1OC(C)C. The molecule has 1 aliphatic heterocycles. The van der Waals surface area contributed by atoms with Gasteiger partial charge in [0.2, 0.25) is 5.91 Å². The molecule has 1 amide bonds. The number of hydrogen-bond donors (Lipinski definition) is 3. The van der Waals surface area contributed by atoms with Gasteiger partial charge in [-0.05, 0) is 44.9 Å². The van der Waals surface area contributed by atoms with Crippen molar-refractivity contribution in [3.63, 3.8) is 0 Å². The third-order valence-electron chi connectivity index (χ3n) is 3.83. The number of methoxy groups -OCH3 is 1. The van der Waals surface area contributed by atoms with Gasteiger partial charge in [0.15, 0.2) is 11.5 Å². The first kappa shape index (κ1) is 17.6. The molecule has 6 nitrogen and oxygen atoms in total. The van der Waals surface area contributed by atoms with Crippen molar-refractivity contribution < 1.29 is 19.4 Å². The normalized spacial score (nSPS) is 22.0. The topological polar surface area (TPSA) is 79.8 Å². The molecule has 0 aromatic heterocycles. The molecule has 1 aliphatic rings. The molecule has 0 saturated carbocycles. The standard InChI is InChI=1S/C17H26N2O4/c1-10(2)23-15-6-5-12(7-16(15)22-4)11(3)19-17(21)14-8-13(20)9-18-14/h5-7,10-11,13-14,18,20H,8-9H2,1-4H3,(H,19,21). The van der Waals surface area contributed by atoms with Gasteiger partial charge in [-0.25, -0.2) is 0 Å². The summed E-state index contributed by atoms with van der Waals surface area (Å²) < 4.78 is 11.1. The maximum atomic E-state index is 12.2. The summed E-state index contributed by atoms with van der Waals surface area (Å²) >= 11 is 0. The van der Waals surface area contributed by atoms with E-state index in [2.05, 4.69) is 10.6 Å². The van der Waals surface area contributed by atoms with E-state index in [4.69, 9.17) is 9.47 Å². The smallest absolute Gasteiger partial charge is 0.237 e. The van der Waals surface area contributed by atoms with Gasteiger partial charge in [-0.3, -0.25) is 4.79 Å². The second kappa shape index (κ2) is 7.66.